The Kier molecular flexibility index (Phi) is 3.90. The lowest BCUT2D eigenvalue weighted by Crippen LogP contribution is -2.30. The number of thiocarbonyl (C=S) groups is 1. The van der Waals surface area contributed by atoms with E-state index in [-0.39, 0.29) is 5.91 Å². The van der Waals surface area contributed by atoms with Crippen molar-refractivity contribution in [3.8, 4) is 5.75 Å². The van der Waals surface area contributed by atoms with Crippen LogP contribution in [0.15, 0.2) is 23.9 Å². The Labute approximate surface area is 126 Å². The highest BCUT2D eigenvalue weighted by Gasteiger charge is 2.34. The van der Waals surface area contributed by atoms with Gasteiger partial charge in [-0.2, -0.15) is 0 Å². The molecule has 21 heavy (non-hydrogen) atoms. The molecule has 8 heteroatoms. The fourth-order valence-corrected chi connectivity index (χ4v) is 2.33. The lowest BCUT2D eigenvalue weighted by Gasteiger charge is -2.13. The molecule has 1 heterocycles. The van der Waals surface area contributed by atoms with E-state index in [0.717, 1.165) is 12.1 Å². The third-order valence-electron chi connectivity index (χ3n) is 3.14. The first kappa shape index (κ1) is 14.9. The second-order valence-corrected chi connectivity index (χ2v) is 4.77. The van der Waals surface area contributed by atoms with Gasteiger partial charge in [0.1, 0.15) is 5.70 Å². The third-order valence-corrected chi connectivity index (χ3v) is 3.64. The van der Waals surface area contributed by atoms with Crippen LogP contribution in [0, 0.1) is 10.1 Å². The minimum absolute atomic E-state index is 0.265. The zero-order valence-corrected chi connectivity index (χ0v) is 12.2. The van der Waals surface area contributed by atoms with Gasteiger partial charge in [-0.05, 0) is 36.5 Å². The van der Waals surface area contributed by atoms with Crippen molar-refractivity contribution >= 4 is 35.0 Å². The molecule has 0 spiro atoms. The number of benzene rings is 1. The Balaban J connectivity index is 2.45. The number of rotatable bonds is 3. The number of nitro benzene ring substituents is 1. The average molecular weight is 306 g/mol. The van der Waals surface area contributed by atoms with Crippen LogP contribution in [0.3, 0.4) is 0 Å². The molecule has 1 saturated heterocycles. The number of carbonyl (C=O) groups is 1. The van der Waals surface area contributed by atoms with Gasteiger partial charge in [0.15, 0.2) is 5.11 Å². The summed E-state index contributed by atoms with van der Waals surface area (Å²) in [6.07, 6.45) is 1.48. The Morgan fingerprint density at radius 3 is 2.62 bits per heavy atom. The fraction of sp³-hybridized carbons (Fsp3) is 0.231. The first-order valence-corrected chi connectivity index (χ1v) is 6.54. The second kappa shape index (κ2) is 5.49. The molecule has 0 aliphatic carbocycles. The predicted octanol–water partition coefficient (Wildman–Crippen LogP) is 1.09. The Hall–Kier alpha value is -2.48. The van der Waals surface area contributed by atoms with Crippen LogP contribution >= 0.6 is 12.2 Å². The van der Waals surface area contributed by atoms with Crippen molar-refractivity contribution < 1.29 is 14.8 Å². The highest BCUT2D eigenvalue weighted by molar-refractivity contribution is 7.80. The summed E-state index contributed by atoms with van der Waals surface area (Å²) in [7, 11) is 1.65. The summed E-state index contributed by atoms with van der Waals surface area (Å²) in [5.41, 5.74) is 0.194. The van der Waals surface area contributed by atoms with Crippen molar-refractivity contribution in [2.45, 2.75) is 6.92 Å². The minimum atomic E-state index is -0.743. The van der Waals surface area contributed by atoms with Gasteiger partial charge in [0, 0.05) is 19.7 Å². The van der Waals surface area contributed by atoms with Crippen LogP contribution in [0.1, 0.15) is 12.5 Å². The molecule has 1 aromatic rings. The topological polar surface area (TPSA) is 89.8 Å². The van der Waals surface area contributed by atoms with E-state index in [9.17, 15) is 20.0 Å². The summed E-state index contributed by atoms with van der Waals surface area (Å²) in [4.78, 5) is 25.2. The molecule has 1 amide bonds. The molecule has 7 nitrogen and oxygen atoms in total. The van der Waals surface area contributed by atoms with Gasteiger partial charge in [-0.3, -0.25) is 19.8 Å². The number of amides is 1. The van der Waals surface area contributed by atoms with Gasteiger partial charge in [0.2, 0.25) is 0 Å². The van der Waals surface area contributed by atoms with Crippen molar-refractivity contribution in [1.82, 2.24) is 9.80 Å². The second-order valence-electron chi connectivity index (χ2n) is 4.40. The first-order valence-electron chi connectivity index (χ1n) is 6.13. The Morgan fingerprint density at radius 2 is 2.10 bits per heavy atom. The molecule has 0 saturated carbocycles. The zero-order valence-electron chi connectivity index (χ0n) is 11.4. The average Bonchev–Trinajstić information content (AvgIpc) is 2.64. The van der Waals surface area contributed by atoms with Crippen LogP contribution in [0.5, 0.6) is 5.75 Å². The van der Waals surface area contributed by atoms with E-state index >= 15 is 0 Å². The maximum absolute atomic E-state index is 12.2. The molecule has 0 unspecified atom stereocenters. The number of hydrogen-bond acceptors (Lipinski definition) is 5. The molecule has 1 aliphatic heterocycles. The molecule has 110 valence electrons. The van der Waals surface area contributed by atoms with Crippen LogP contribution < -0.4 is 5.11 Å². The van der Waals surface area contributed by atoms with Gasteiger partial charge in [-0.1, -0.05) is 12.1 Å². The van der Waals surface area contributed by atoms with Crippen molar-refractivity contribution in [2.75, 3.05) is 13.6 Å². The molecular formula is C13H12N3O4S-. The van der Waals surface area contributed by atoms with E-state index in [2.05, 4.69) is 0 Å². The summed E-state index contributed by atoms with van der Waals surface area (Å²) >= 11 is 5.15. The lowest BCUT2D eigenvalue weighted by molar-refractivity contribution is -0.398. The standard InChI is InChI=1S/C13H13N3O4S/c1-3-15-12(18)10(14(2)13(15)21)7-8-4-5-11(17)9(6-8)16(19)20/h4-7,17H,3H2,1-2H3/p-1/b10-7-. The summed E-state index contributed by atoms with van der Waals surface area (Å²) in [6.45, 7) is 2.25. The molecule has 2 rings (SSSR count). The van der Waals surface area contributed by atoms with Gasteiger partial charge >= 0.3 is 0 Å². The normalized spacial score (nSPS) is 17.0. The molecule has 0 aromatic heterocycles. The van der Waals surface area contributed by atoms with E-state index < -0.39 is 16.4 Å². The number of hydrogen-bond donors (Lipinski definition) is 0. The summed E-state index contributed by atoms with van der Waals surface area (Å²) in [6, 6.07) is 3.69. The van der Waals surface area contributed by atoms with Crippen LogP contribution in [0.4, 0.5) is 5.69 Å². The Bertz CT molecular complexity index is 671. The van der Waals surface area contributed by atoms with Crippen molar-refractivity contribution in [3.63, 3.8) is 0 Å². The monoisotopic (exact) mass is 306 g/mol. The van der Waals surface area contributed by atoms with Gasteiger partial charge < -0.3 is 10.0 Å². The summed E-state index contributed by atoms with van der Waals surface area (Å²) in [5, 5.41) is 22.5. The highest BCUT2D eigenvalue weighted by Crippen LogP contribution is 2.27. The predicted molar refractivity (Wildman–Crippen MR) is 78.3 cm³/mol. The summed E-state index contributed by atoms with van der Waals surface area (Å²) < 4.78 is 0. The van der Waals surface area contributed by atoms with E-state index in [4.69, 9.17) is 12.2 Å². The maximum Gasteiger partial charge on any atom is 0.276 e. The van der Waals surface area contributed by atoms with E-state index in [1.165, 1.54) is 21.9 Å². The molecule has 0 atom stereocenters. The molecule has 1 fully saturated rings. The molecule has 0 bridgehead atoms. The van der Waals surface area contributed by atoms with Gasteiger partial charge in [0.05, 0.1) is 4.92 Å². The SMILES string of the molecule is CCN1C(=O)/C(=C/c2ccc([O-])c([N+](=O)[O-])c2)N(C)C1=S. The van der Waals surface area contributed by atoms with E-state index in [0.29, 0.717) is 22.9 Å². The molecule has 0 radical (unpaired) electrons. The maximum atomic E-state index is 12.2. The van der Waals surface area contributed by atoms with Gasteiger partial charge in [0.25, 0.3) is 11.6 Å². The number of likely N-dealkylation sites (N-methyl/N-ethyl adjacent to an activating group) is 2. The first-order chi connectivity index (χ1) is 9.86. The molecule has 1 aromatic carbocycles. The largest absolute Gasteiger partial charge is 0.868 e. The smallest absolute Gasteiger partial charge is 0.276 e. The van der Waals surface area contributed by atoms with Crippen molar-refractivity contribution in [3.05, 3.63) is 39.6 Å². The molecule has 0 N–H and O–H groups in total. The van der Waals surface area contributed by atoms with Crippen LogP contribution in [-0.4, -0.2) is 39.3 Å². The Morgan fingerprint density at radius 1 is 1.43 bits per heavy atom. The highest BCUT2D eigenvalue weighted by atomic mass is 32.1. The van der Waals surface area contributed by atoms with Crippen LogP contribution in [-0.2, 0) is 4.79 Å². The van der Waals surface area contributed by atoms with Crippen LogP contribution in [0.2, 0.25) is 0 Å². The lowest BCUT2D eigenvalue weighted by atomic mass is 10.1. The quantitative estimate of drug-likeness (QED) is 0.359. The zero-order chi connectivity index (χ0) is 15.7. The van der Waals surface area contributed by atoms with Crippen molar-refractivity contribution in [2.24, 2.45) is 0 Å². The van der Waals surface area contributed by atoms with Crippen molar-refractivity contribution in [1.29, 1.82) is 0 Å². The van der Waals surface area contributed by atoms with Crippen LogP contribution in [0.25, 0.3) is 6.08 Å². The third kappa shape index (κ3) is 2.57. The summed E-state index contributed by atoms with van der Waals surface area (Å²) in [5.74, 6) is -0.933. The number of nitrogens with zero attached hydrogens (tertiary/aromatic N) is 3. The molecular weight excluding hydrogens is 294 g/mol. The van der Waals surface area contributed by atoms with E-state index in [1.807, 2.05) is 0 Å². The minimum Gasteiger partial charge on any atom is -0.868 e. The number of nitro groups is 1. The van der Waals surface area contributed by atoms with E-state index in [1.54, 1.807) is 14.0 Å². The van der Waals surface area contributed by atoms with Gasteiger partial charge in [-0.25, -0.2) is 0 Å². The molecule has 1 aliphatic rings. The van der Waals surface area contributed by atoms with Gasteiger partial charge in [-0.15, -0.1) is 0 Å². The fourth-order valence-electron chi connectivity index (χ4n) is 2.01. The number of carbonyl (C=O) groups excluding carboxylic acids is 1.